The van der Waals surface area contributed by atoms with E-state index in [1.54, 1.807) is 25.1 Å². The van der Waals surface area contributed by atoms with E-state index in [9.17, 15) is 18.0 Å². The number of hydrogen-bond acceptors (Lipinski definition) is 6. The molecule has 2 N–H and O–H groups in total. The Hall–Kier alpha value is -2.91. The number of anilines is 1. The second-order valence-corrected chi connectivity index (χ2v) is 8.29. The molecule has 2 aromatic rings. The van der Waals surface area contributed by atoms with Crippen LogP contribution in [0.25, 0.3) is 0 Å². The number of amides is 1. The van der Waals surface area contributed by atoms with Crippen LogP contribution in [0.4, 0.5) is 5.69 Å². The highest BCUT2D eigenvalue weighted by molar-refractivity contribution is 7.89. The zero-order valence-corrected chi connectivity index (χ0v) is 17.6. The summed E-state index contributed by atoms with van der Waals surface area (Å²) in [6.45, 7) is 4.70. The van der Waals surface area contributed by atoms with Gasteiger partial charge in [-0.3, -0.25) is 4.79 Å². The molecule has 0 spiro atoms. The van der Waals surface area contributed by atoms with Crippen molar-refractivity contribution in [1.29, 1.82) is 0 Å². The van der Waals surface area contributed by atoms with Crippen molar-refractivity contribution in [1.82, 2.24) is 4.72 Å². The first-order valence-electron chi connectivity index (χ1n) is 8.82. The highest BCUT2D eigenvalue weighted by atomic mass is 32.2. The molecule has 0 bridgehead atoms. The van der Waals surface area contributed by atoms with Crippen molar-refractivity contribution in [3.8, 4) is 5.75 Å². The number of carbonyl (C=O) groups is 2. The number of carbonyl (C=O) groups excluding carboxylic acids is 2. The van der Waals surface area contributed by atoms with Crippen molar-refractivity contribution in [3.63, 3.8) is 0 Å². The van der Waals surface area contributed by atoms with Gasteiger partial charge in [-0.1, -0.05) is 12.1 Å². The molecule has 29 heavy (non-hydrogen) atoms. The third-order valence-corrected chi connectivity index (χ3v) is 5.79. The van der Waals surface area contributed by atoms with Gasteiger partial charge in [0.1, 0.15) is 5.75 Å². The lowest BCUT2D eigenvalue weighted by molar-refractivity contribution is -0.149. The Morgan fingerprint density at radius 2 is 1.62 bits per heavy atom. The fraction of sp³-hybridized carbons (Fsp3) is 0.300. The fourth-order valence-electron chi connectivity index (χ4n) is 2.41. The van der Waals surface area contributed by atoms with Gasteiger partial charge in [0, 0.05) is 5.69 Å². The highest BCUT2D eigenvalue weighted by Gasteiger charge is 2.16. The van der Waals surface area contributed by atoms with E-state index in [1.165, 1.54) is 13.1 Å². The average Bonchev–Trinajstić information content (AvgIpc) is 2.68. The van der Waals surface area contributed by atoms with E-state index in [4.69, 9.17) is 9.47 Å². The van der Waals surface area contributed by atoms with Crippen LogP contribution in [0, 0.1) is 20.8 Å². The monoisotopic (exact) mass is 420 g/mol. The summed E-state index contributed by atoms with van der Waals surface area (Å²) in [6.07, 6.45) is 0. The number of nitrogens with one attached hydrogen (secondary N) is 2. The van der Waals surface area contributed by atoms with Crippen LogP contribution in [-0.4, -0.2) is 40.6 Å². The zero-order chi connectivity index (χ0) is 21.6. The molecule has 0 radical (unpaired) electrons. The SMILES string of the molecule is CNS(=O)(=O)c1cc(NC(=O)COC(=O)COc2ccc(C)c(C)c2)ccc1C. The van der Waals surface area contributed by atoms with E-state index in [1.807, 2.05) is 26.0 Å². The number of rotatable bonds is 8. The zero-order valence-electron chi connectivity index (χ0n) is 16.7. The summed E-state index contributed by atoms with van der Waals surface area (Å²) in [5.41, 5.74) is 2.95. The van der Waals surface area contributed by atoms with Gasteiger partial charge in [0.25, 0.3) is 5.91 Å². The number of benzene rings is 2. The molecule has 0 saturated heterocycles. The van der Waals surface area contributed by atoms with Crippen LogP contribution in [-0.2, 0) is 24.3 Å². The standard InChI is InChI=1S/C20H24N2O6S/c1-13-6-8-17(9-15(13)3)27-12-20(24)28-11-19(23)22-16-7-5-14(2)18(10-16)29(25,26)21-4/h5-10,21H,11-12H2,1-4H3,(H,22,23). The van der Waals surface area contributed by atoms with Crippen LogP contribution in [0.3, 0.4) is 0 Å². The van der Waals surface area contributed by atoms with E-state index in [0.717, 1.165) is 11.1 Å². The Labute approximate surface area is 170 Å². The molecular formula is C20H24N2O6S. The Kier molecular flexibility index (Phi) is 7.35. The minimum Gasteiger partial charge on any atom is -0.482 e. The summed E-state index contributed by atoms with van der Waals surface area (Å²) in [6, 6.07) is 9.91. The third kappa shape index (κ3) is 6.30. The minimum atomic E-state index is -3.66. The Balaban J connectivity index is 1.87. The van der Waals surface area contributed by atoms with Crippen molar-refractivity contribution in [2.45, 2.75) is 25.7 Å². The summed E-state index contributed by atoms with van der Waals surface area (Å²) in [7, 11) is -2.35. The van der Waals surface area contributed by atoms with Gasteiger partial charge in [0.15, 0.2) is 13.2 Å². The van der Waals surface area contributed by atoms with Crippen molar-refractivity contribution < 1.29 is 27.5 Å². The summed E-state index contributed by atoms with van der Waals surface area (Å²) in [5.74, 6) is -0.755. The van der Waals surface area contributed by atoms with E-state index in [2.05, 4.69) is 10.0 Å². The first-order chi connectivity index (χ1) is 13.6. The molecule has 8 nitrogen and oxygen atoms in total. The van der Waals surface area contributed by atoms with Crippen LogP contribution in [0.1, 0.15) is 16.7 Å². The Morgan fingerprint density at radius 1 is 0.931 bits per heavy atom. The first-order valence-corrected chi connectivity index (χ1v) is 10.3. The van der Waals surface area contributed by atoms with Crippen LogP contribution in [0.5, 0.6) is 5.75 Å². The predicted octanol–water partition coefficient (Wildman–Crippen LogP) is 2.08. The van der Waals surface area contributed by atoms with Gasteiger partial charge in [-0.15, -0.1) is 0 Å². The van der Waals surface area contributed by atoms with Crippen molar-refractivity contribution >= 4 is 27.6 Å². The largest absolute Gasteiger partial charge is 0.482 e. The molecule has 0 atom stereocenters. The molecule has 0 aromatic heterocycles. The average molecular weight is 420 g/mol. The van der Waals surface area contributed by atoms with E-state index in [0.29, 0.717) is 11.3 Å². The normalized spacial score (nSPS) is 11.0. The molecule has 9 heteroatoms. The van der Waals surface area contributed by atoms with E-state index in [-0.39, 0.29) is 17.2 Å². The molecule has 0 unspecified atom stereocenters. The molecule has 2 aromatic carbocycles. The van der Waals surface area contributed by atoms with Gasteiger partial charge >= 0.3 is 5.97 Å². The number of sulfonamides is 1. The summed E-state index contributed by atoms with van der Waals surface area (Å²) >= 11 is 0. The fourth-order valence-corrected chi connectivity index (χ4v) is 3.40. The topological polar surface area (TPSA) is 111 Å². The third-order valence-electron chi connectivity index (χ3n) is 4.23. The van der Waals surface area contributed by atoms with Gasteiger partial charge in [-0.05, 0) is 68.8 Å². The summed E-state index contributed by atoms with van der Waals surface area (Å²) in [4.78, 5) is 23.8. The van der Waals surface area contributed by atoms with E-state index >= 15 is 0 Å². The number of ether oxygens (including phenoxy) is 2. The smallest absolute Gasteiger partial charge is 0.344 e. The minimum absolute atomic E-state index is 0.0524. The molecule has 0 saturated carbocycles. The maximum atomic E-state index is 12.0. The molecule has 0 fully saturated rings. The van der Waals surface area contributed by atoms with Gasteiger partial charge in [0.2, 0.25) is 10.0 Å². The summed E-state index contributed by atoms with van der Waals surface area (Å²) in [5, 5.41) is 2.50. The number of hydrogen-bond donors (Lipinski definition) is 2. The lowest BCUT2D eigenvalue weighted by Gasteiger charge is -2.11. The van der Waals surface area contributed by atoms with Crippen LogP contribution in [0.15, 0.2) is 41.3 Å². The van der Waals surface area contributed by atoms with Crippen LogP contribution < -0.4 is 14.8 Å². The molecule has 0 aliphatic rings. The predicted molar refractivity (Wildman–Crippen MR) is 108 cm³/mol. The first kappa shape index (κ1) is 22.4. The van der Waals surface area contributed by atoms with Crippen molar-refractivity contribution in [2.75, 3.05) is 25.6 Å². The number of aryl methyl sites for hydroxylation is 3. The molecule has 0 heterocycles. The van der Waals surface area contributed by atoms with E-state index < -0.39 is 28.5 Å². The lowest BCUT2D eigenvalue weighted by Crippen LogP contribution is -2.24. The molecule has 0 aliphatic heterocycles. The lowest BCUT2D eigenvalue weighted by atomic mass is 10.1. The van der Waals surface area contributed by atoms with Crippen molar-refractivity contribution in [3.05, 3.63) is 53.1 Å². The Bertz CT molecular complexity index is 1020. The van der Waals surface area contributed by atoms with Crippen LogP contribution >= 0.6 is 0 Å². The molecule has 1 amide bonds. The van der Waals surface area contributed by atoms with Gasteiger partial charge in [0.05, 0.1) is 4.90 Å². The van der Waals surface area contributed by atoms with Crippen LogP contribution in [0.2, 0.25) is 0 Å². The maximum Gasteiger partial charge on any atom is 0.344 e. The highest BCUT2D eigenvalue weighted by Crippen LogP contribution is 2.20. The molecular weight excluding hydrogens is 396 g/mol. The summed E-state index contributed by atoms with van der Waals surface area (Å²) < 4.78 is 36.5. The molecule has 0 aliphatic carbocycles. The Morgan fingerprint density at radius 3 is 2.28 bits per heavy atom. The van der Waals surface area contributed by atoms with Crippen molar-refractivity contribution in [2.24, 2.45) is 0 Å². The second-order valence-electron chi connectivity index (χ2n) is 6.43. The maximum absolute atomic E-state index is 12.0. The van der Waals surface area contributed by atoms with Gasteiger partial charge in [-0.2, -0.15) is 0 Å². The molecule has 2 rings (SSSR count). The van der Waals surface area contributed by atoms with Gasteiger partial charge < -0.3 is 14.8 Å². The second kappa shape index (κ2) is 9.53. The van der Waals surface area contributed by atoms with Gasteiger partial charge in [-0.25, -0.2) is 17.9 Å². The number of esters is 1. The molecule has 156 valence electrons. The quantitative estimate of drug-likeness (QED) is 0.633.